The molecule has 1 amide bonds. The highest BCUT2D eigenvalue weighted by atomic mass is 19.1. The Morgan fingerprint density at radius 1 is 0.882 bits per heavy atom. The first-order chi connectivity index (χ1) is 24.6. The fourth-order valence-electron chi connectivity index (χ4n) is 6.66. The van der Waals surface area contributed by atoms with Gasteiger partial charge in [0.1, 0.15) is 18.2 Å². The van der Waals surface area contributed by atoms with Crippen LogP contribution in [0.4, 0.5) is 30.6 Å². The summed E-state index contributed by atoms with van der Waals surface area (Å²) >= 11 is 0. The van der Waals surface area contributed by atoms with Gasteiger partial charge in [0.2, 0.25) is 0 Å². The van der Waals surface area contributed by atoms with Crippen molar-refractivity contribution < 1.29 is 23.4 Å². The molecule has 1 aromatic heterocycles. The number of allylic oxidation sites excluding steroid dienone is 1. The van der Waals surface area contributed by atoms with Crippen LogP contribution in [-0.4, -0.2) is 118 Å². The molecular weight excluding hydrogens is 656 g/mol. The van der Waals surface area contributed by atoms with Gasteiger partial charge in [-0.25, -0.2) is 9.18 Å². The first-order valence-corrected chi connectivity index (χ1v) is 17.6. The highest BCUT2D eigenvalue weighted by molar-refractivity contribution is 5.89. The fraction of sp³-hybridized carbons (Fsp3) is 0.474. The first kappa shape index (κ1) is 37.6. The van der Waals surface area contributed by atoms with Gasteiger partial charge in [0.25, 0.3) is 0 Å². The summed E-state index contributed by atoms with van der Waals surface area (Å²) in [6.45, 7) is 19.1. The van der Waals surface area contributed by atoms with Crippen molar-refractivity contribution >= 4 is 39.8 Å². The molecule has 7 rings (SSSR count). The molecule has 0 radical (unpaired) electrons. The van der Waals surface area contributed by atoms with Crippen LogP contribution in [0, 0.1) is 5.82 Å². The van der Waals surface area contributed by atoms with Gasteiger partial charge in [0.05, 0.1) is 30.5 Å². The number of rotatable bonds is 9. The van der Waals surface area contributed by atoms with Gasteiger partial charge < -0.3 is 29.5 Å². The molecule has 51 heavy (non-hydrogen) atoms. The maximum absolute atomic E-state index is 15.4. The highest BCUT2D eigenvalue weighted by Gasteiger charge is 2.28. The molecule has 0 unspecified atom stereocenters. The zero-order valence-electron chi connectivity index (χ0n) is 30.0. The predicted octanol–water partition coefficient (Wildman–Crippen LogP) is 5.23. The summed E-state index contributed by atoms with van der Waals surface area (Å²) in [6, 6.07) is 11.6. The molecule has 11 nitrogen and oxygen atoms in total. The number of aromatic nitrogens is 1. The van der Waals surface area contributed by atoms with Gasteiger partial charge in [-0.05, 0) is 61.9 Å². The number of hydrogen-bond donors (Lipinski definition) is 2. The molecule has 4 fully saturated rings. The lowest BCUT2D eigenvalue weighted by Crippen LogP contribution is -2.51. The fourth-order valence-corrected chi connectivity index (χ4v) is 6.66. The number of carbonyl (C=O) groups excluding carboxylic acids is 1. The number of cyclic esters (lactones) is 1. The molecule has 0 atom stereocenters. The second kappa shape index (κ2) is 17.1. The third-order valence-electron chi connectivity index (χ3n) is 9.88. The standard InChI is InChI=1S/C33H39FN6O4.C4H9N.CH3F/c1-23(41)28-22-40(26-6-7-26)30-21-31(29(34)20-27(30)32(28)42)38-16-12-36(13-17-38)9-8-35-10-14-37(15-11-35)24-2-4-25(5-3-24)39-18-19-44-33(39)43;1-4(2)5-3;1-2/h2-5,20-22,26,41H,1,6-19H2;5H,1H2,2-3H3;1H3. The monoisotopic (exact) mass is 707 g/mol. The SMILES string of the molecule is C=C(C)NC.C=C(O)c1cn(C2CC2)c2cc(N3CCN(CCN4CCN(c5ccc(N6CCOC6=O)cc5)CC4)CC3)c(F)cc2c1=O.CF. The minimum absolute atomic E-state index is 0.132. The number of aliphatic hydroxyl groups is 1. The highest BCUT2D eigenvalue weighted by Crippen LogP contribution is 2.38. The normalized spacial score (nSPS) is 18.1. The number of ether oxygens (including phenoxy) is 1. The summed E-state index contributed by atoms with van der Waals surface area (Å²) in [5.74, 6) is -0.690. The summed E-state index contributed by atoms with van der Waals surface area (Å²) < 4.78 is 31.9. The van der Waals surface area contributed by atoms with Crippen molar-refractivity contribution in [2.75, 3.05) is 108 Å². The minimum atomic E-state index is -0.405. The van der Waals surface area contributed by atoms with Gasteiger partial charge in [-0.3, -0.25) is 23.9 Å². The number of pyridine rings is 1. The van der Waals surface area contributed by atoms with Gasteiger partial charge in [-0.15, -0.1) is 0 Å². The lowest BCUT2D eigenvalue weighted by Gasteiger charge is -2.39. The molecule has 2 N–H and O–H groups in total. The van der Waals surface area contributed by atoms with Crippen LogP contribution >= 0.6 is 0 Å². The van der Waals surface area contributed by atoms with Crippen molar-refractivity contribution in [3.05, 3.63) is 83.1 Å². The number of anilines is 3. The molecule has 0 bridgehead atoms. The molecule has 3 aliphatic heterocycles. The van der Waals surface area contributed by atoms with E-state index in [9.17, 15) is 19.1 Å². The first-order valence-electron chi connectivity index (χ1n) is 17.6. The number of piperazine rings is 2. The molecule has 3 saturated heterocycles. The Labute approximate surface area is 299 Å². The molecule has 4 aliphatic rings. The van der Waals surface area contributed by atoms with Crippen LogP contribution in [0.2, 0.25) is 0 Å². The second-order valence-corrected chi connectivity index (χ2v) is 13.2. The van der Waals surface area contributed by atoms with Crippen molar-refractivity contribution in [1.82, 2.24) is 19.7 Å². The number of hydrogen-bond acceptors (Lipinski definition) is 9. The molecule has 3 aromatic rings. The van der Waals surface area contributed by atoms with E-state index in [0.29, 0.717) is 31.5 Å². The van der Waals surface area contributed by atoms with Crippen LogP contribution < -0.4 is 25.4 Å². The van der Waals surface area contributed by atoms with Crippen LogP contribution in [0.15, 0.2) is 66.2 Å². The lowest BCUT2D eigenvalue weighted by molar-refractivity contribution is 0.181. The number of halogens is 2. The molecular formula is C38H51F2N7O4. The summed E-state index contributed by atoms with van der Waals surface area (Å²) in [4.78, 5) is 35.9. The Morgan fingerprint density at radius 2 is 1.43 bits per heavy atom. The van der Waals surface area contributed by atoms with E-state index in [1.54, 1.807) is 11.1 Å². The van der Waals surface area contributed by atoms with Crippen molar-refractivity contribution in [3.63, 3.8) is 0 Å². The Bertz CT molecular complexity index is 1750. The maximum atomic E-state index is 15.4. The number of nitrogens with zero attached hydrogens (tertiary/aromatic N) is 6. The maximum Gasteiger partial charge on any atom is 0.414 e. The van der Waals surface area contributed by atoms with E-state index in [-0.39, 0.29) is 34.3 Å². The Balaban J connectivity index is 0.000000665. The van der Waals surface area contributed by atoms with Gasteiger partial charge in [-0.1, -0.05) is 13.2 Å². The molecule has 1 aliphatic carbocycles. The Hall–Kier alpha value is -4.62. The van der Waals surface area contributed by atoms with Crippen LogP contribution in [0.1, 0.15) is 31.4 Å². The number of carbonyl (C=O) groups is 1. The summed E-state index contributed by atoms with van der Waals surface area (Å²) in [5, 5.41) is 13.1. The zero-order chi connectivity index (χ0) is 36.7. The molecule has 276 valence electrons. The van der Waals surface area contributed by atoms with E-state index in [1.165, 1.54) is 11.8 Å². The van der Waals surface area contributed by atoms with Crippen LogP contribution in [0.3, 0.4) is 0 Å². The average Bonchev–Trinajstić information content (AvgIpc) is 3.91. The molecule has 2 aromatic carbocycles. The zero-order valence-corrected chi connectivity index (χ0v) is 30.0. The number of amides is 1. The molecule has 13 heteroatoms. The van der Waals surface area contributed by atoms with Gasteiger partial charge in [0, 0.05) is 101 Å². The van der Waals surface area contributed by atoms with Crippen molar-refractivity contribution in [2.24, 2.45) is 0 Å². The average molecular weight is 708 g/mol. The van der Waals surface area contributed by atoms with E-state index in [0.717, 1.165) is 89.7 Å². The Kier molecular flexibility index (Phi) is 12.6. The van der Waals surface area contributed by atoms with Gasteiger partial charge >= 0.3 is 6.09 Å². The van der Waals surface area contributed by atoms with Crippen LogP contribution in [0.5, 0.6) is 0 Å². The van der Waals surface area contributed by atoms with Crippen molar-refractivity contribution in [1.29, 1.82) is 0 Å². The van der Waals surface area contributed by atoms with E-state index in [4.69, 9.17) is 4.74 Å². The van der Waals surface area contributed by atoms with E-state index >= 15 is 4.39 Å². The van der Waals surface area contributed by atoms with E-state index in [2.05, 4.69) is 50.2 Å². The van der Waals surface area contributed by atoms with E-state index < -0.39 is 5.82 Å². The number of benzene rings is 2. The van der Waals surface area contributed by atoms with E-state index in [1.807, 2.05) is 36.7 Å². The molecule has 1 saturated carbocycles. The number of aliphatic hydroxyl groups excluding tert-OH is 1. The minimum Gasteiger partial charge on any atom is -0.508 e. The summed E-state index contributed by atoms with van der Waals surface area (Å²) in [7, 11) is 2.35. The third kappa shape index (κ3) is 9.01. The number of nitrogens with one attached hydrogen (secondary N) is 1. The largest absolute Gasteiger partial charge is 0.508 e. The van der Waals surface area contributed by atoms with Gasteiger partial charge in [0.15, 0.2) is 5.43 Å². The number of fused-ring (bicyclic) bond motifs is 1. The third-order valence-corrected chi connectivity index (χ3v) is 9.88. The predicted molar refractivity (Wildman–Crippen MR) is 201 cm³/mol. The lowest BCUT2D eigenvalue weighted by atomic mass is 10.1. The summed E-state index contributed by atoms with van der Waals surface area (Å²) in [6.07, 6.45) is 3.40. The second-order valence-electron chi connectivity index (χ2n) is 13.2. The Morgan fingerprint density at radius 3 is 1.92 bits per heavy atom. The van der Waals surface area contributed by atoms with Crippen LogP contribution in [0.25, 0.3) is 16.7 Å². The number of alkyl halides is 1. The van der Waals surface area contributed by atoms with Crippen LogP contribution in [-0.2, 0) is 4.74 Å². The quantitative estimate of drug-likeness (QED) is 0.290. The van der Waals surface area contributed by atoms with Crippen molar-refractivity contribution in [3.8, 4) is 0 Å². The smallest absolute Gasteiger partial charge is 0.414 e. The van der Waals surface area contributed by atoms with Gasteiger partial charge in [-0.2, -0.15) is 0 Å². The molecule has 0 spiro atoms. The molecule has 4 heterocycles. The summed E-state index contributed by atoms with van der Waals surface area (Å²) in [5.41, 5.74) is 4.05. The van der Waals surface area contributed by atoms with Crippen molar-refractivity contribution in [2.45, 2.75) is 25.8 Å². The topological polar surface area (TPSA) is 96.8 Å².